The maximum absolute atomic E-state index is 10.8. The summed E-state index contributed by atoms with van der Waals surface area (Å²) < 4.78 is 0. The standard InChI is InChI=1S/C9H12ClN3O2/c1-2-7(9(14)15)13-8-6(11)3-5(10)4-12-8/h3-4,7H,2,11H2,1H3,(H,12,13)(H,14,15). The number of halogens is 1. The van der Waals surface area contributed by atoms with Gasteiger partial charge < -0.3 is 16.2 Å². The van der Waals surface area contributed by atoms with Gasteiger partial charge in [-0.3, -0.25) is 0 Å². The highest BCUT2D eigenvalue weighted by atomic mass is 35.5. The first-order valence-corrected chi connectivity index (χ1v) is 4.82. The van der Waals surface area contributed by atoms with Gasteiger partial charge in [0.2, 0.25) is 0 Å². The molecule has 82 valence electrons. The maximum atomic E-state index is 10.8. The molecule has 0 aliphatic rings. The number of carbonyl (C=O) groups is 1. The highest BCUT2D eigenvalue weighted by molar-refractivity contribution is 6.30. The topological polar surface area (TPSA) is 88.2 Å². The number of hydrogen-bond acceptors (Lipinski definition) is 4. The third-order valence-corrected chi connectivity index (χ3v) is 2.11. The third-order valence-electron chi connectivity index (χ3n) is 1.90. The van der Waals surface area contributed by atoms with Crippen molar-refractivity contribution >= 4 is 29.1 Å². The summed E-state index contributed by atoms with van der Waals surface area (Å²) in [5, 5.41) is 12.0. The minimum atomic E-state index is -0.936. The molecule has 0 saturated heterocycles. The highest BCUT2D eigenvalue weighted by Crippen LogP contribution is 2.20. The van der Waals surface area contributed by atoms with Gasteiger partial charge in [-0.25, -0.2) is 9.78 Å². The van der Waals surface area contributed by atoms with E-state index in [0.717, 1.165) is 0 Å². The normalized spacial score (nSPS) is 12.1. The Bertz CT molecular complexity index is 370. The van der Waals surface area contributed by atoms with Crippen LogP contribution in [0.1, 0.15) is 13.3 Å². The number of pyridine rings is 1. The van der Waals surface area contributed by atoms with Crippen LogP contribution in [0.4, 0.5) is 11.5 Å². The summed E-state index contributed by atoms with van der Waals surface area (Å²) in [4.78, 5) is 14.7. The first-order chi connectivity index (χ1) is 7.04. The van der Waals surface area contributed by atoms with Gasteiger partial charge >= 0.3 is 5.97 Å². The molecule has 0 fully saturated rings. The number of carboxylic acid groups (broad SMARTS) is 1. The molecule has 0 amide bonds. The fraction of sp³-hybridized carbons (Fsp3) is 0.333. The summed E-state index contributed by atoms with van der Waals surface area (Å²) in [6.07, 6.45) is 1.86. The Morgan fingerprint density at radius 2 is 2.47 bits per heavy atom. The predicted molar refractivity (Wildman–Crippen MR) is 59.0 cm³/mol. The lowest BCUT2D eigenvalue weighted by molar-refractivity contribution is -0.137. The number of hydrogen-bond donors (Lipinski definition) is 3. The maximum Gasteiger partial charge on any atom is 0.326 e. The van der Waals surface area contributed by atoms with Crippen molar-refractivity contribution in [1.82, 2.24) is 4.98 Å². The van der Waals surface area contributed by atoms with Gasteiger partial charge in [0.1, 0.15) is 11.9 Å². The highest BCUT2D eigenvalue weighted by Gasteiger charge is 2.16. The van der Waals surface area contributed by atoms with Gasteiger partial charge in [0.15, 0.2) is 0 Å². The molecular weight excluding hydrogens is 218 g/mol. The number of carboxylic acids is 1. The van der Waals surface area contributed by atoms with E-state index in [2.05, 4.69) is 10.3 Å². The minimum Gasteiger partial charge on any atom is -0.480 e. The largest absolute Gasteiger partial charge is 0.480 e. The van der Waals surface area contributed by atoms with Gasteiger partial charge in [-0.05, 0) is 12.5 Å². The van der Waals surface area contributed by atoms with E-state index in [1.165, 1.54) is 12.3 Å². The third kappa shape index (κ3) is 2.99. The van der Waals surface area contributed by atoms with Gasteiger partial charge in [-0.2, -0.15) is 0 Å². The van der Waals surface area contributed by atoms with Crippen LogP contribution in [0.25, 0.3) is 0 Å². The molecule has 0 bridgehead atoms. The van der Waals surface area contributed by atoms with Crippen LogP contribution in [-0.4, -0.2) is 22.1 Å². The molecule has 1 unspecified atom stereocenters. The zero-order chi connectivity index (χ0) is 11.4. The molecule has 15 heavy (non-hydrogen) atoms. The van der Waals surface area contributed by atoms with Crippen molar-refractivity contribution in [2.24, 2.45) is 0 Å². The van der Waals surface area contributed by atoms with E-state index < -0.39 is 12.0 Å². The molecule has 0 aliphatic heterocycles. The van der Waals surface area contributed by atoms with Crippen molar-refractivity contribution in [3.63, 3.8) is 0 Å². The van der Waals surface area contributed by atoms with Crippen molar-refractivity contribution in [3.05, 3.63) is 17.3 Å². The Labute approximate surface area is 92.3 Å². The van der Waals surface area contributed by atoms with Gasteiger partial charge in [-0.1, -0.05) is 18.5 Å². The lowest BCUT2D eigenvalue weighted by Gasteiger charge is -2.14. The van der Waals surface area contributed by atoms with Crippen molar-refractivity contribution in [2.75, 3.05) is 11.1 Å². The Kier molecular flexibility index (Phi) is 3.74. The van der Waals surface area contributed by atoms with Crippen LogP contribution in [0, 0.1) is 0 Å². The smallest absolute Gasteiger partial charge is 0.326 e. The van der Waals surface area contributed by atoms with Crippen LogP contribution < -0.4 is 11.1 Å². The lowest BCUT2D eigenvalue weighted by atomic mass is 10.2. The quantitative estimate of drug-likeness (QED) is 0.730. The Hall–Kier alpha value is -1.49. The second-order valence-corrected chi connectivity index (χ2v) is 3.47. The van der Waals surface area contributed by atoms with Crippen molar-refractivity contribution in [1.29, 1.82) is 0 Å². The van der Waals surface area contributed by atoms with Crippen LogP contribution >= 0.6 is 11.6 Å². The van der Waals surface area contributed by atoms with E-state index in [-0.39, 0.29) is 0 Å². The molecule has 0 radical (unpaired) electrons. The molecule has 1 rings (SSSR count). The summed E-state index contributed by atoms with van der Waals surface area (Å²) in [7, 11) is 0. The molecule has 1 heterocycles. The summed E-state index contributed by atoms with van der Waals surface area (Å²) >= 11 is 5.66. The number of aromatic nitrogens is 1. The van der Waals surface area contributed by atoms with Crippen molar-refractivity contribution in [3.8, 4) is 0 Å². The van der Waals surface area contributed by atoms with E-state index in [1.54, 1.807) is 6.92 Å². The average Bonchev–Trinajstić information content (AvgIpc) is 2.16. The number of rotatable bonds is 4. The first kappa shape index (κ1) is 11.6. The summed E-state index contributed by atoms with van der Waals surface area (Å²) in [6.45, 7) is 1.76. The van der Waals surface area contributed by atoms with Gasteiger partial charge in [0.05, 0.1) is 10.7 Å². The van der Waals surface area contributed by atoms with Crippen LogP contribution in [0.3, 0.4) is 0 Å². The molecule has 0 aliphatic carbocycles. The molecule has 0 saturated carbocycles. The van der Waals surface area contributed by atoms with Gasteiger partial charge in [-0.15, -0.1) is 0 Å². The van der Waals surface area contributed by atoms with E-state index in [1.807, 2.05) is 0 Å². The number of nitrogens with one attached hydrogen (secondary N) is 1. The second kappa shape index (κ2) is 4.84. The Morgan fingerprint density at radius 1 is 1.80 bits per heavy atom. The Morgan fingerprint density at radius 3 is 2.93 bits per heavy atom. The molecule has 6 heteroatoms. The lowest BCUT2D eigenvalue weighted by Crippen LogP contribution is -2.29. The zero-order valence-electron chi connectivity index (χ0n) is 8.20. The fourth-order valence-corrected chi connectivity index (χ4v) is 1.25. The summed E-state index contributed by atoms with van der Waals surface area (Å²) in [5.41, 5.74) is 5.96. The molecule has 1 atom stereocenters. The second-order valence-electron chi connectivity index (χ2n) is 3.03. The van der Waals surface area contributed by atoms with E-state index in [9.17, 15) is 4.79 Å². The summed E-state index contributed by atoms with van der Waals surface area (Å²) in [5.74, 6) is -0.595. The number of anilines is 2. The molecule has 1 aromatic heterocycles. The van der Waals surface area contributed by atoms with E-state index >= 15 is 0 Å². The molecule has 0 aromatic carbocycles. The molecule has 4 N–H and O–H groups in total. The molecule has 1 aromatic rings. The molecule has 0 spiro atoms. The zero-order valence-corrected chi connectivity index (χ0v) is 8.95. The van der Waals surface area contributed by atoms with Crippen LogP contribution in [0.2, 0.25) is 5.02 Å². The number of aliphatic carboxylic acids is 1. The van der Waals surface area contributed by atoms with E-state index in [0.29, 0.717) is 22.9 Å². The van der Waals surface area contributed by atoms with Gasteiger partial charge in [0, 0.05) is 6.20 Å². The fourth-order valence-electron chi connectivity index (χ4n) is 1.08. The van der Waals surface area contributed by atoms with Crippen molar-refractivity contribution in [2.45, 2.75) is 19.4 Å². The van der Waals surface area contributed by atoms with Gasteiger partial charge in [0.25, 0.3) is 0 Å². The number of nitrogens with two attached hydrogens (primary N) is 1. The summed E-state index contributed by atoms with van der Waals surface area (Å²) in [6, 6.07) is 0.826. The molecular formula is C9H12ClN3O2. The monoisotopic (exact) mass is 229 g/mol. The molecule has 5 nitrogen and oxygen atoms in total. The average molecular weight is 230 g/mol. The van der Waals surface area contributed by atoms with E-state index in [4.69, 9.17) is 22.4 Å². The SMILES string of the molecule is CCC(Nc1ncc(Cl)cc1N)C(=O)O. The van der Waals surface area contributed by atoms with Crippen molar-refractivity contribution < 1.29 is 9.90 Å². The number of nitrogen functional groups attached to an aromatic ring is 1. The predicted octanol–water partition coefficient (Wildman–Crippen LogP) is 1.59. The Balaban J connectivity index is 2.84. The van der Waals surface area contributed by atoms with Crippen LogP contribution in [0.5, 0.6) is 0 Å². The van der Waals surface area contributed by atoms with Crippen LogP contribution in [0.15, 0.2) is 12.3 Å². The first-order valence-electron chi connectivity index (χ1n) is 4.45. The van der Waals surface area contributed by atoms with Crippen LogP contribution in [-0.2, 0) is 4.79 Å². The minimum absolute atomic E-state index is 0.335. The number of nitrogens with zero attached hydrogens (tertiary/aromatic N) is 1.